The van der Waals surface area contributed by atoms with Gasteiger partial charge in [0.15, 0.2) is 5.96 Å². The molecule has 2 heterocycles. The lowest BCUT2D eigenvalue weighted by molar-refractivity contribution is 0.392. The van der Waals surface area contributed by atoms with Gasteiger partial charge in [0.25, 0.3) is 0 Å². The van der Waals surface area contributed by atoms with Gasteiger partial charge in [-0.15, -0.1) is 0 Å². The Morgan fingerprint density at radius 1 is 1.22 bits per heavy atom. The van der Waals surface area contributed by atoms with Crippen molar-refractivity contribution in [2.75, 3.05) is 7.05 Å². The van der Waals surface area contributed by atoms with Crippen LogP contribution in [0.25, 0.3) is 5.69 Å². The fourth-order valence-electron chi connectivity index (χ4n) is 2.82. The number of aromatic nitrogens is 3. The largest absolute Gasteiger partial charge is 0.361 e. The second-order valence-electron chi connectivity index (χ2n) is 6.21. The number of hydrogen-bond acceptors (Lipinski definition) is 4. The molecular weight excluding hydrogens is 347 g/mol. The van der Waals surface area contributed by atoms with Crippen LogP contribution in [0.2, 0.25) is 0 Å². The van der Waals surface area contributed by atoms with E-state index < -0.39 is 0 Å². The van der Waals surface area contributed by atoms with Crippen molar-refractivity contribution in [2.24, 2.45) is 4.99 Å². The topological polar surface area (TPSA) is 80.3 Å². The Morgan fingerprint density at radius 3 is 2.59 bits per heavy atom. The number of guanidine groups is 1. The van der Waals surface area contributed by atoms with Crippen molar-refractivity contribution in [1.82, 2.24) is 25.3 Å². The summed E-state index contributed by atoms with van der Waals surface area (Å²) in [7, 11) is 1.69. The van der Waals surface area contributed by atoms with E-state index in [9.17, 15) is 4.39 Å². The summed E-state index contributed by atoms with van der Waals surface area (Å²) < 4.78 is 21.4. The predicted molar refractivity (Wildman–Crippen MR) is 101 cm³/mol. The van der Waals surface area contributed by atoms with E-state index in [0.29, 0.717) is 24.7 Å². The van der Waals surface area contributed by atoms with Gasteiger partial charge in [0.05, 0.1) is 11.4 Å². The van der Waals surface area contributed by atoms with Crippen molar-refractivity contribution in [2.45, 2.75) is 33.9 Å². The van der Waals surface area contributed by atoms with Crippen molar-refractivity contribution in [3.8, 4) is 5.69 Å². The van der Waals surface area contributed by atoms with Crippen molar-refractivity contribution in [3.63, 3.8) is 0 Å². The Labute approximate surface area is 157 Å². The third kappa shape index (κ3) is 4.16. The molecule has 0 fully saturated rings. The van der Waals surface area contributed by atoms with Gasteiger partial charge in [0.1, 0.15) is 17.4 Å². The van der Waals surface area contributed by atoms with E-state index in [1.54, 1.807) is 30.1 Å². The van der Waals surface area contributed by atoms with E-state index >= 15 is 0 Å². The number of rotatable bonds is 5. The molecule has 3 rings (SSSR count). The quantitative estimate of drug-likeness (QED) is 0.533. The zero-order chi connectivity index (χ0) is 19.4. The summed E-state index contributed by atoms with van der Waals surface area (Å²) in [5.74, 6) is 1.84. The van der Waals surface area contributed by atoms with Crippen LogP contribution in [0.1, 0.15) is 28.4 Å². The average Bonchev–Trinajstić information content (AvgIpc) is 3.21. The van der Waals surface area contributed by atoms with Gasteiger partial charge in [-0.1, -0.05) is 11.2 Å². The predicted octanol–water partition coefficient (Wildman–Crippen LogP) is 2.79. The number of imidazole rings is 1. The zero-order valence-electron chi connectivity index (χ0n) is 15.9. The molecule has 2 N–H and O–H groups in total. The van der Waals surface area contributed by atoms with Crippen LogP contribution < -0.4 is 10.6 Å². The first-order chi connectivity index (χ1) is 13.0. The molecule has 142 valence electrons. The van der Waals surface area contributed by atoms with Crippen LogP contribution in [0.3, 0.4) is 0 Å². The molecule has 0 spiro atoms. The second kappa shape index (κ2) is 8.03. The highest BCUT2D eigenvalue weighted by molar-refractivity contribution is 5.79. The lowest BCUT2D eigenvalue weighted by Crippen LogP contribution is -2.36. The molecule has 3 aromatic rings. The molecule has 0 unspecified atom stereocenters. The van der Waals surface area contributed by atoms with Gasteiger partial charge in [-0.25, -0.2) is 9.37 Å². The Balaban J connectivity index is 1.62. The number of aryl methyl sites for hydroxylation is 3. The minimum atomic E-state index is -0.297. The summed E-state index contributed by atoms with van der Waals surface area (Å²) in [5, 5.41) is 10.3. The first-order valence-electron chi connectivity index (χ1n) is 8.64. The average molecular weight is 370 g/mol. The summed E-state index contributed by atoms with van der Waals surface area (Å²) >= 11 is 0. The van der Waals surface area contributed by atoms with E-state index in [4.69, 9.17) is 4.52 Å². The highest BCUT2D eigenvalue weighted by Crippen LogP contribution is 2.17. The Hall–Kier alpha value is -3.16. The molecule has 0 saturated carbocycles. The third-order valence-electron chi connectivity index (χ3n) is 4.39. The van der Waals surface area contributed by atoms with E-state index in [2.05, 4.69) is 25.8 Å². The molecule has 0 aliphatic carbocycles. The molecule has 0 aliphatic rings. The molecule has 0 saturated heterocycles. The number of hydrogen-bond donors (Lipinski definition) is 2. The molecular formula is C19H23FN6O. The van der Waals surface area contributed by atoms with E-state index in [-0.39, 0.29) is 5.82 Å². The van der Waals surface area contributed by atoms with Gasteiger partial charge in [0.2, 0.25) is 0 Å². The van der Waals surface area contributed by atoms with Gasteiger partial charge in [-0.2, -0.15) is 0 Å². The molecule has 2 aromatic heterocycles. The SMILES string of the molecule is CN=C(NCc1ccc(-n2ccnc2C)c(F)c1)NCc1c(C)noc1C. The minimum Gasteiger partial charge on any atom is -0.361 e. The van der Waals surface area contributed by atoms with Crippen LogP contribution >= 0.6 is 0 Å². The lowest BCUT2D eigenvalue weighted by atomic mass is 10.2. The van der Waals surface area contributed by atoms with Crippen LogP contribution in [0, 0.1) is 26.6 Å². The highest BCUT2D eigenvalue weighted by Gasteiger charge is 2.10. The van der Waals surface area contributed by atoms with Crippen LogP contribution in [0.5, 0.6) is 0 Å². The first kappa shape index (κ1) is 18.6. The summed E-state index contributed by atoms with van der Waals surface area (Å²) in [5.41, 5.74) is 3.15. The van der Waals surface area contributed by atoms with E-state index in [1.165, 1.54) is 6.07 Å². The lowest BCUT2D eigenvalue weighted by Gasteiger charge is -2.13. The number of nitrogens with zero attached hydrogens (tertiary/aromatic N) is 4. The van der Waals surface area contributed by atoms with Crippen molar-refractivity contribution in [3.05, 3.63) is 64.8 Å². The molecule has 1 aromatic carbocycles. The van der Waals surface area contributed by atoms with Crippen LogP contribution in [0.15, 0.2) is 40.1 Å². The maximum absolute atomic E-state index is 14.5. The molecule has 0 aliphatic heterocycles. The van der Waals surface area contributed by atoms with Gasteiger partial charge in [-0.3, -0.25) is 4.99 Å². The van der Waals surface area contributed by atoms with Crippen molar-refractivity contribution < 1.29 is 8.91 Å². The van der Waals surface area contributed by atoms with Crippen molar-refractivity contribution in [1.29, 1.82) is 0 Å². The summed E-state index contributed by atoms with van der Waals surface area (Å²) in [6.07, 6.45) is 3.39. The van der Waals surface area contributed by atoms with Gasteiger partial charge in [0, 0.05) is 38.1 Å². The molecule has 27 heavy (non-hydrogen) atoms. The van der Waals surface area contributed by atoms with Gasteiger partial charge >= 0.3 is 0 Å². The number of aliphatic imine (C=N–C) groups is 1. The second-order valence-corrected chi connectivity index (χ2v) is 6.21. The summed E-state index contributed by atoms with van der Waals surface area (Å²) in [4.78, 5) is 8.32. The minimum absolute atomic E-state index is 0.297. The van der Waals surface area contributed by atoms with Gasteiger partial charge < -0.3 is 19.7 Å². The smallest absolute Gasteiger partial charge is 0.191 e. The first-order valence-corrected chi connectivity index (χ1v) is 8.64. The normalized spacial score (nSPS) is 11.7. The molecule has 0 atom stereocenters. The molecule has 0 radical (unpaired) electrons. The monoisotopic (exact) mass is 370 g/mol. The molecule has 7 nitrogen and oxygen atoms in total. The Morgan fingerprint density at radius 2 is 2.00 bits per heavy atom. The van der Waals surface area contributed by atoms with Gasteiger partial charge in [-0.05, 0) is 38.5 Å². The number of nitrogens with one attached hydrogen (secondary N) is 2. The fourth-order valence-corrected chi connectivity index (χ4v) is 2.82. The Bertz CT molecular complexity index is 940. The van der Waals surface area contributed by atoms with E-state index in [1.807, 2.05) is 26.8 Å². The maximum Gasteiger partial charge on any atom is 0.191 e. The van der Waals surface area contributed by atoms with Crippen LogP contribution in [0.4, 0.5) is 4.39 Å². The maximum atomic E-state index is 14.5. The summed E-state index contributed by atoms with van der Waals surface area (Å²) in [6, 6.07) is 5.15. The molecule has 0 amide bonds. The highest BCUT2D eigenvalue weighted by atomic mass is 19.1. The van der Waals surface area contributed by atoms with Crippen LogP contribution in [-0.4, -0.2) is 27.7 Å². The Kier molecular flexibility index (Phi) is 5.54. The van der Waals surface area contributed by atoms with Crippen LogP contribution in [-0.2, 0) is 13.1 Å². The standard InChI is InChI=1S/C19H23FN6O/c1-12-16(13(2)27-25-12)11-24-19(21-4)23-10-15-5-6-18(17(20)9-15)26-8-7-22-14(26)3/h5-9H,10-11H2,1-4H3,(H2,21,23,24). The fraction of sp³-hybridized carbons (Fsp3) is 0.316. The zero-order valence-corrected chi connectivity index (χ0v) is 15.9. The summed E-state index contributed by atoms with van der Waals surface area (Å²) in [6.45, 7) is 6.61. The molecule has 0 bridgehead atoms. The van der Waals surface area contributed by atoms with E-state index in [0.717, 1.165) is 28.4 Å². The number of benzene rings is 1. The third-order valence-corrected chi connectivity index (χ3v) is 4.39. The number of halogens is 1. The van der Waals surface area contributed by atoms with Crippen molar-refractivity contribution >= 4 is 5.96 Å². The molecule has 8 heteroatoms.